The Bertz CT molecular complexity index is 1510. The van der Waals surface area contributed by atoms with Crippen molar-refractivity contribution in [3.63, 3.8) is 0 Å². The number of amides is 1. The van der Waals surface area contributed by atoms with Crippen molar-refractivity contribution in [1.29, 1.82) is 0 Å². The molecule has 0 radical (unpaired) electrons. The zero-order valence-electron chi connectivity index (χ0n) is 20.7. The zero-order chi connectivity index (χ0) is 26.1. The maximum atomic E-state index is 13.3. The van der Waals surface area contributed by atoms with Crippen LogP contribution >= 0.6 is 11.6 Å². The predicted molar refractivity (Wildman–Crippen MR) is 145 cm³/mol. The second kappa shape index (κ2) is 10.1. The molecule has 1 aliphatic rings. The highest BCUT2D eigenvalue weighted by Crippen LogP contribution is 2.26. The number of nitrogens with one attached hydrogen (secondary N) is 1. The van der Waals surface area contributed by atoms with Crippen LogP contribution in [0.4, 0.5) is 11.6 Å². The number of anilines is 2. The zero-order valence-corrected chi connectivity index (χ0v) is 21.4. The molecule has 10 heteroatoms. The van der Waals surface area contributed by atoms with Crippen LogP contribution in [0.1, 0.15) is 28.9 Å². The Kier molecular flexibility index (Phi) is 6.71. The number of hydrogen-bond donors (Lipinski definition) is 2. The Labute approximate surface area is 219 Å². The molecular weight excluding hydrogens is 490 g/mol. The molecule has 1 amide bonds. The number of para-hydroxylation sites is 1. The van der Waals surface area contributed by atoms with Crippen molar-refractivity contribution in [3.8, 4) is 16.9 Å². The maximum absolute atomic E-state index is 13.3. The van der Waals surface area contributed by atoms with Crippen LogP contribution in [-0.4, -0.2) is 44.4 Å². The molecule has 2 aromatic heterocycles. The number of carbonyl (C=O) groups is 1. The molecule has 5 rings (SSSR count). The first-order chi connectivity index (χ1) is 17.8. The van der Waals surface area contributed by atoms with Gasteiger partial charge in [-0.05, 0) is 31.9 Å². The van der Waals surface area contributed by atoms with Gasteiger partial charge in [-0.3, -0.25) is 14.3 Å². The van der Waals surface area contributed by atoms with E-state index in [1.165, 1.54) is 4.68 Å². The van der Waals surface area contributed by atoms with Gasteiger partial charge >= 0.3 is 0 Å². The molecule has 37 heavy (non-hydrogen) atoms. The number of hydrogen-bond acceptors (Lipinski definition) is 6. The smallest absolute Gasteiger partial charge is 0.284 e. The summed E-state index contributed by atoms with van der Waals surface area (Å²) < 4.78 is 3.08. The first-order valence-corrected chi connectivity index (χ1v) is 12.5. The summed E-state index contributed by atoms with van der Waals surface area (Å²) in [7, 11) is 1.74. The van der Waals surface area contributed by atoms with E-state index in [1.54, 1.807) is 49.1 Å². The lowest BCUT2D eigenvalue weighted by Crippen LogP contribution is -2.46. The quantitative estimate of drug-likeness (QED) is 0.418. The van der Waals surface area contributed by atoms with Gasteiger partial charge in [-0.25, -0.2) is 14.6 Å². The number of nitrogens with two attached hydrogens (primary N) is 1. The van der Waals surface area contributed by atoms with E-state index in [0.717, 1.165) is 11.3 Å². The minimum absolute atomic E-state index is 0.0805. The van der Waals surface area contributed by atoms with E-state index >= 15 is 0 Å². The van der Waals surface area contributed by atoms with Crippen molar-refractivity contribution in [2.45, 2.75) is 25.8 Å². The lowest BCUT2D eigenvalue weighted by atomic mass is 10.0. The van der Waals surface area contributed by atoms with Gasteiger partial charge < -0.3 is 16.0 Å². The summed E-state index contributed by atoms with van der Waals surface area (Å²) in [6, 6.07) is 16.8. The van der Waals surface area contributed by atoms with E-state index in [1.807, 2.05) is 30.3 Å². The minimum Gasteiger partial charge on any atom is -0.381 e. The number of carbonyl (C=O) groups excluding carboxylic acids is 1. The van der Waals surface area contributed by atoms with Crippen LogP contribution in [-0.2, 0) is 7.05 Å². The van der Waals surface area contributed by atoms with Gasteiger partial charge in [0.15, 0.2) is 11.6 Å². The van der Waals surface area contributed by atoms with Crippen LogP contribution < -0.4 is 21.5 Å². The van der Waals surface area contributed by atoms with Crippen molar-refractivity contribution in [2.24, 2.45) is 7.05 Å². The summed E-state index contributed by atoms with van der Waals surface area (Å²) in [5.41, 5.74) is 8.72. The number of nitrogen functional groups attached to an aromatic ring is 1. The van der Waals surface area contributed by atoms with E-state index in [-0.39, 0.29) is 17.5 Å². The van der Waals surface area contributed by atoms with Gasteiger partial charge in [-0.1, -0.05) is 54.1 Å². The molecular formula is C27H28ClN7O2. The summed E-state index contributed by atoms with van der Waals surface area (Å²) in [6.45, 7) is 3.06. The number of benzene rings is 2. The van der Waals surface area contributed by atoms with Crippen molar-refractivity contribution >= 4 is 29.1 Å². The van der Waals surface area contributed by atoms with Gasteiger partial charge in [0.05, 0.1) is 28.3 Å². The molecule has 0 unspecified atom stereocenters. The molecule has 0 spiro atoms. The summed E-state index contributed by atoms with van der Waals surface area (Å²) >= 11 is 6.32. The molecule has 1 aliphatic heterocycles. The fourth-order valence-corrected chi connectivity index (χ4v) is 4.94. The molecule has 190 valence electrons. The first kappa shape index (κ1) is 24.6. The van der Waals surface area contributed by atoms with E-state index in [2.05, 4.69) is 15.2 Å². The number of nitrogens with zero attached hydrogens (tertiary/aromatic N) is 5. The predicted octanol–water partition coefficient (Wildman–Crippen LogP) is 3.58. The third kappa shape index (κ3) is 4.70. The van der Waals surface area contributed by atoms with Crippen LogP contribution in [0, 0.1) is 6.92 Å². The second-order valence-corrected chi connectivity index (χ2v) is 9.52. The van der Waals surface area contributed by atoms with Crippen molar-refractivity contribution in [1.82, 2.24) is 24.6 Å². The van der Waals surface area contributed by atoms with E-state index < -0.39 is 5.56 Å². The Morgan fingerprint density at radius 2 is 1.76 bits per heavy atom. The Balaban J connectivity index is 1.30. The third-order valence-corrected chi connectivity index (χ3v) is 7.16. The molecule has 0 bridgehead atoms. The topological polar surface area (TPSA) is 111 Å². The number of aromatic nitrogens is 4. The average molecular weight is 518 g/mol. The van der Waals surface area contributed by atoms with Gasteiger partial charge in [0.1, 0.15) is 5.56 Å². The molecule has 2 aromatic carbocycles. The highest BCUT2D eigenvalue weighted by Gasteiger charge is 2.28. The lowest BCUT2D eigenvalue weighted by Gasteiger charge is -2.33. The van der Waals surface area contributed by atoms with Gasteiger partial charge in [0.25, 0.3) is 11.5 Å². The van der Waals surface area contributed by atoms with E-state index in [0.29, 0.717) is 54.0 Å². The summed E-state index contributed by atoms with van der Waals surface area (Å²) in [5.74, 6) is 0.641. The summed E-state index contributed by atoms with van der Waals surface area (Å²) in [5, 5.41) is 3.49. The van der Waals surface area contributed by atoms with Crippen LogP contribution in [0.3, 0.4) is 0 Å². The van der Waals surface area contributed by atoms with Gasteiger partial charge in [-0.2, -0.15) is 0 Å². The van der Waals surface area contributed by atoms with Gasteiger partial charge in [-0.15, -0.1) is 0 Å². The van der Waals surface area contributed by atoms with Crippen LogP contribution in [0.15, 0.2) is 65.6 Å². The second-order valence-electron chi connectivity index (χ2n) is 9.12. The SMILES string of the molecule is Cc1c(C(=O)NC2CCN(c3nc(-c4ccccc4)cnc3N)CC2)c(=O)n(-c2ccccc2Cl)n1C. The third-order valence-electron chi connectivity index (χ3n) is 6.84. The average Bonchev–Trinajstić information content (AvgIpc) is 3.13. The Hall–Kier alpha value is -4.11. The normalized spacial score (nSPS) is 14.1. The molecule has 4 aromatic rings. The molecule has 9 nitrogen and oxygen atoms in total. The minimum atomic E-state index is -0.399. The molecule has 0 atom stereocenters. The molecule has 1 fully saturated rings. The molecule has 1 saturated heterocycles. The summed E-state index contributed by atoms with van der Waals surface area (Å²) in [6.07, 6.45) is 3.05. The van der Waals surface area contributed by atoms with Gasteiger partial charge in [0, 0.05) is 31.7 Å². The van der Waals surface area contributed by atoms with Crippen molar-refractivity contribution in [3.05, 3.63) is 87.4 Å². The van der Waals surface area contributed by atoms with Crippen LogP contribution in [0.25, 0.3) is 16.9 Å². The Morgan fingerprint density at radius 1 is 1.08 bits per heavy atom. The highest BCUT2D eigenvalue weighted by molar-refractivity contribution is 6.32. The van der Waals surface area contributed by atoms with Crippen LogP contribution in [0.2, 0.25) is 5.02 Å². The van der Waals surface area contributed by atoms with Crippen LogP contribution in [0.5, 0.6) is 0 Å². The fraction of sp³-hybridized carbons (Fsp3) is 0.259. The first-order valence-electron chi connectivity index (χ1n) is 12.1. The monoisotopic (exact) mass is 517 g/mol. The highest BCUT2D eigenvalue weighted by atomic mass is 35.5. The molecule has 3 heterocycles. The number of piperidine rings is 1. The number of rotatable bonds is 5. The number of halogens is 1. The Morgan fingerprint density at radius 3 is 2.46 bits per heavy atom. The van der Waals surface area contributed by atoms with Crippen molar-refractivity contribution < 1.29 is 4.79 Å². The molecule has 0 saturated carbocycles. The standard InChI is InChI=1S/C27H28ClN7O2/c1-17-23(27(37)35(33(17)2)22-11-7-6-10-20(22)28)26(36)31-19-12-14-34(15-13-19)25-24(29)30-16-21(32-25)18-8-4-3-5-9-18/h3-11,16,19H,12-15H2,1-2H3,(H2,29,30)(H,31,36). The molecule has 0 aliphatic carbocycles. The van der Waals surface area contributed by atoms with E-state index in [9.17, 15) is 9.59 Å². The lowest BCUT2D eigenvalue weighted by molar-refractivity contribution is 0.0929. The van der Waals surface area contributed by atoms with Crippen molar-refractivity contribution in [2.75, 3.05) is 23.7 Å². The fourth-order valence-electron chi connectivity index (χ4n) is 4.73. The van der Waals surface area contributed by atoms with E-state index in [4.69, 9.17) is 22.3 Å². The van der Waals surface area contributed by atoms with Gasteiger partial charge in [0.2, 0.25) is 0 Å². The maximum Gasteiger partial charge on any atom is 0.284 e. The molecule has 3 N–H and O–H groups in total. The largest absolute Gasteiger partial charge is 0.381 e. The summed E-state index contributed by atoms with van der Waals surface area (Å²) in [4.78, 5) is 37.7.